The first-order valence-corrected chi connectivity index (χ1v) is 6.24. The number of carbonyl (C=O) groups excluding carboxylic acids is 1. The fourth-order valence-corrected chi connectivity index (χ4v) is 1.94. The molecule has 0 spiro atoms. The van der Waals surface area contributed by atoms with Gasteiger partial charge in [-0.15, -0.1) is 0 Å². The molecule has 1 aromatic heterocycles. The third kappa shape index (κ3) is 3.60. The molecule has 0 bridgehead atoms. The molecule has 2 N–H and O–H groups in total. The maximum atomic E-state index is 12.2. The van der Waals surface area contributed by atoms with Crippen LogP contribution in [0.3, 0.4) is 0 Å². The average molecular weight is 253 g/mol. The van der Waals surface area contributed by atoms with Crippen molar-refractivity contribution in [1.29, 1.82) is 0 Å². The highest BCUT2D eigenvalue weighted by atomic mass is 16.3. The first kappa shape index (κ1) is 14.8. The van der Waals surface area contributed by atoms with Crippen LogP contribution in [0.5, 0.6) is 0 Å². The number of aliphatic hydroxyl groups excluding tert-OH is 1. The molecule has 1 atom stereocenters. The molecule has 0 aliphatic heterocycles. The van der Waals surface area contributed by atoms with Crippen molar-refractivity contribution in [1.82, 2.24) is 5.32 Å². The molecule has 1 rings (SSSR count). The van der Waals surface area contributed by atoms with Gasteiger partial charge in [0, 0.05) is 12.6 Å². The summed E-state index contributed by atoms with van der Waals surface area (Å²) in [6, 6.07) is 1.67. The highest BCUT2D eigenvalue weighted by Crippen LogP contribution is 2.23. The third-order valence-electron chi connectivity index (χ3n) is 3.05. The van der Waals surface area contributed by atoms with Crippen molar-refractivity contribution in [2.45, 2.75) is 47.1 Å². The second-order valence-corrected chi connectivity index (χ2v) is 5.73. The van der Waals surface area contributed by atoms with Crippen LogP contribution in [0.4, 0.5) is 0 Å². The summed E-state index contributed by atoms with van der Waals surface area (Å²) in [4.78, 5) is 12.2. The molecule has 0 fully saturated rings. The number of carbonyl (C=O) groups is 1. The van der Waals surface area contributed by atoms with Crippen LogP contribution in [0, 0.1) is 19.3 Å². The van der Waals surface area contributed by atoms with Gasteiger partial charge in [0.15, 0.2) is 0 Å². The minimum atomic E-state index is -0.141. The molecule has 4 heteroatoms. The van der Waals surface area contributed by atoms with Gasteiger partial charge in [0.1, 0.15) is 11.5 Å². The van der Waals surface area contributed by atoms with Crippen LogP contribution in [0.15, 0.2) is 10.5 Å². The minimum absolute atomic E-state index is 0.0611. The molecule has 1 amide bonds. The van der Waals surface area contributed by atoms with Crippen molar-refractivity contribution in [2.24, 2.45) is 5.41 Å². The van der Waals surface area contributed by atoms with Gasteiger partial charge in [-0.3, -0.25) is 4.79 Å². The largest absolute Gasteiger partial charge is 0.466 e. The lowest BCUT2D eigenvalue weighted by molar-refractivity contribution is 0.0883. The lowest BCUT2D eigenvalue weighted by Gasteiger charge is -2.31. The molecular formula is C14H23NO3. The number of rotatable bonds is 4. The second-order valence-electron chi connectivity index (χ2n) is 5.73. The third-order valence-corrected chi connectivity index (χ3v) is 3.05. The zero-order valence-electron chi connectivity index (χ0n) is 11.8. The van der Waals surface area contributed by atoms with Gasteiger partial charge in [-0.25, -0.2) is 0 Å². The zero-order chi connectivity index (χ0) is 13.9. The summed E-state index contributed by atoms with van der Waals surface area (Å²) in [6.45, 7) is 9.79. The summed E-state index contributed by atoms with van der Waals surface area (Å²) in [5.74, 6) is 1.21. The van der Waals surface area contributed by atoms with E-state index in [1.165, 1.54) is 0 Å². The van der Waals surface area contributed by atoms with E-state index in [9.17, 15) is 4.79 Å². The number of aryl methyl sites for hydroxylation is 2. The van der Waals surface area contributed by atoms with Gasteiger partial charge >= 0.3 is 0 Å². The number of furan rings is 1. The van der Waals surface area contributed by atoms with E-state index in [1.807, 2.05) is 27.7 Å². The SMILES string of the molecule is Cc1cc(C(=O)NC(CCO)C(C)(C)C)c(C)o1. The molecule has 1 heterocycles. The lowest BCUT2D eigenvalue weighted by Crippen LogP contribution is -2.44. The first-order chi connectivity index (χ1) is 8.25. The van der Waals surface area contributed by atoms with Gasteiger partial charge in [0.2, 0.25) is 0 Å². The molecular weight excluding hydrogens is 230 g/mol. The highest BCUT2D eigenvalue weighted by molar-refractivity contribution is 5.95. The highest BCUT2D eigenvalue weighted by Gasteiger charge is 2.27. The topological polar surface area (TPSA) is 62.5 Å². The van der Waals surface area contributed by atoms with Crippen molar-refractivity contribution in [2.75, 3.05) is 6.61 Å². The summed E-state index contributed by atoms with van der Waals surface area (Å²) < 4.78 is 5.35. The summed E-state index contributed by atoms with van der Waals surface area (Å²) in [5.41, 5.74) is 0.477. The maximum absolute atomic E-state index is 12.2. The summed E-state index contributed by atoms with van der Waals surface area (Å²) in [6.07, 6.45) is 0.547. The van der Waals surface area contributed by atoms with Crippen molar-refractivity contribution >= 4 is 5.91 Å². The standard InChI is InChI=1S/C14H23NO3/c1-9-8-11(10(2)18-9)13(17)15-12(6-7-16)14(3,4)5/h8,12,16H,6-7H2,1-5H3,(H,15,17). The Morgan fingerprint density at radius 2 is 2.06 bits per heavy atom. The zero-order valence-corrected chi connectivity index (χ0v) is 11.8. The van der Waals surface area contributed by atoms with Crippen molar-refractivity contribution in [3.63, 3.8) is 0 Å². The predicted molar refractivity (Wildman–Crippen MR) is 70.6 cm³/mol. The van der Waals surface area contributed by atoms with Gasteiger partial charge in [0.05, 0.1) is 5.56 Å². The molecule has 18 heavy (non-hydrogen) atoms. The van der Waals surface area contributed by atoms with E-state index < -0.39 is 0 Å². The van der Waals surface area contributed by atoms with Gasteiger partial charge in [-0.05, 0) is 31.7 Å². The van der Waals surface area contributed by atoms with Crippen LogP contribution in [-0.2, 0) is 0 Å². The van der Waals surface area contributed by atoms with E-state index in [0.717, 1.165) is 5.76 Å². The minimum Gasteiger partial charge on any atom is -0.466 e. The van der Waals surface area contributed by atoms with Crippen molar-refractivity contribution in [3.8, 4) is 0 Å². The number of aliphatic hydroxyl groups is 1. The van der Waals surface area contributed by atoms with Gasteiger partial charge in [-0.2, -0.15) is 0 Å². The average Bonchev–Trinajstić information content (AvgIpc) is 2.55. The summed E-state index contributed by atoms with van der Waals surface area (Å²) in [7, 11) is 0. The fraction of sp³-hybridized carbons (Fsp3) is 0.643. The second kappa shape index (κ2) is 5.57. The van der Waals surface area contributed by atoms with Crippen LogP contribution in [0.1, 0.15) is 49.1 Å². The monoisotopic (exact) mass is 253 g/mol. The Balaban J connectivity index is 2.82. The van der Waals surface area contributed by atoms with Crippen LogP contribution in [0.2, 0.25) is 0 Å². The lowest BCUT2D eigenvalue weighted by atomic mass is 9.85. The Morgan fingerprint density at radius 1 is 1.44 bits per heavy atom. The molecule has 0 aromatic carbocycles. The first-order valence-electron chi connectivity index (χ1n) is 6.24. The maximum Gasteiger partial charge on any atom is 0.255 e. The van der Waals surface area contributed by atoms with Crippen LogP contribution in [0.25, 0.3) is 0 Å². The van der Waals surface area contributed by atoms with Crippen LogP contribution < -0.4 is 5.32 Å². The molecule has 1 unspecified atom stereocenters. The van der Waals surface area contributed by atoms with Gasteiger partial charge in [-0.1, -0.05) is 20.8 Å². The molecule has 4 nitrogen and oxygen atoms in total. The fourth-order valence-electron chi connectivity index (χ4n) is 1.94. The number of nitrogens with one attached hydrogen (secondary N) is 1. The summed E-state index contributed by atoms with van der Waals surface area (Å²) in [5, 5.41) is 12.0. The molecule has 0 aliphatic rings. The smallest absolute Gasteiger partial charge is 0.255 e. The Morgan fingerprint density at radius 3 is 2.44 bits per heavy atom. The Kier molecular flexibility index (Phi) is 4.57. The molecule has 102 valence electrons. The molecule has 1 aromatic rings. The Hall–Kier alpha value is -1.29. The van der Waals surface area contributed by atoms with Gasteiger partial charge < -0.3 is 14.8 Å². The van der Waals surface area contributed by atoms with E-state index in [2.05, 4.69) is 5.32 Å². The van der Waals surface area contributed by atoms with E-state index in [1.54, 1.807) is 13.0 Å². The predicted octanol–water partition coefficient (Wildman–Crippen LogP) is 2.42. The molecule has 0 saturated carbocycles. The molecule has 0 radical (unpaired) electrons. The Labute approximate surface area is 108 Å². The van der Waals surface area contributed by atoms with E-state index in [4.69, 9.17) is 9.52 Å². The van der Waals surface area contributed by atoms with Crippen molar-refractivity contribution < 1.29 is 14.3 Å². The van der Waals surface area contributed by atoms with Crippen LogP contribution in [-0.4, -0.2) is 23.7 Å². The van der Waals surface area contributed by atoms with E-state index >= 15 is 0 Å². The Bertz CT molecular complexity index is 415. The molecule has 0 aliphatic carbocycles. The van der Waals surface area contributed by atoms with Crippen molar-refractivity contribution in [3.05, 3.63) is 23.2 Å². The number of amides is 1. The number of hydrogen-bond acceptors (Lipinski definition) is 3. The van der Waals surface area contributed by atoms with Crippen LogP contribution >= 0.6 is 0 Å². The van der Waals surface area contributed by atoms with E-state index in [0.29, 0.717) is 17.7 Å². The molecule has 0 saturated heterocycles. The quantitative estimate of drug-likeness (QED) is 0.866. The summed E-state index contributed by atoms with van der Waals surface area (Å²) >= 11 is 0. The normalized spacial score (nSPS) is 13.4. The van der Waals surface area contributed by atoms with Gasteiger partial charge in [0.25, 0.3) is 5.91 Å². The number of hydrogen-bond donors (Lipinski definition) is 2. The van der Waals surface area contributed by atoms with E-state index in [-0.39, 0.29) is 24.0 Å².